The van der Waals surface area contributed by atoms with Crippen molar-refractivity contribution in [3.05, 3.63) is 0 Å². The topological polar surface area (TPSA) is 152 Å². The highest BCUT2D eigenvalue weighted by Crippen LogP contribution is 2.22. The van der Waals surface area contributed by atoms with Crippen LogP contribution in [0.15, 0.2) is 0 Å². The molecule has 1 aliphatic heterocycles. The molecule has 24 heavy (non-hydrogen) atoms. The number of aliphatic hydroxyl groups is 4. The van der Waals surface area contributed by atoms with E-state index in [-0.39, 0.29) is 6.61 Å². The second-order valence-corrected chi connectivity index (χ2v) is 6.50. The van der Waals surface area contributed by atoms with Crippen molar-refractivity contribution in [2.45, 2.75) is 50.1 Å². The van der Waals surface area contributed by atoms with Crippen molar-refractivity contribution in [2.75, 3.05) is 31.3 Å². The SMILES string of the molecule is CCOC(=O)[C@@H](N)CSCCCO[C@H]1OC(CO)[C@@H](O)C(O)C1O. The van der Waals surface area contributed by atoms with Crippen LogP contribution >= 0.6 is 11.8 Å². The standard InChI is InChI=1S/C14H27NO8S/c1-2-21-13(20)8(15)7-24-5-3-4-22-14-12(19)11(18)10(17)9(6-16)23-14/h8-12,14,16-19H,2-7,15H2,1H3/t8-,9?,10+,11?,12?,14-/m0/s1. The summed E-state index contributed by atoms with van der Waals surface area (Å²) in [5, 5.41) is 38.1. The maximum Gasteiger partial charge on any atom is 0.323 e. The number of hydrogen-bond acceptors (Lipinski definition) is 10. The quantitative estimate of drug-likeness (QED) is 0.212. The summed E-state index contributed by atoms with van der Waals surface area (Å²) in [6.07, 6.45) is -5.73. The zero-order valence-corrected chi connectivity index (χ0v) is 14.4. The number of hydrogen-bond donors (Lipinski definition) is 5. The maximum atomic E-state index is 11.3. The Kier molecular flexibility index (Phi) is 10.1. The van der Waals surface area contributed by atoms with Crippen LogP contribution in [-0.2, 0) is 19.0 Å². The third-order valence-corrected chi connectivity index (χ3v) is 4.62. The highest BCUT2D eigenvalue weighted by atomic mass is 32.2. The molecular weight excluding hydrogens is 342 g/mol. The lowest BCUT2D eigenvalue weighted by atomic mass is 9.99. The molecule has 0 spiro atoms. The van der Waals surface area contributed by atoms with E-state index in [1.807, 2.05) is 0 Å². The number of rotatable bonds is 10. The Bertz CT molecular complexity index is 373. The average molecular weight is 369 g/mol. The Labute approximate surface area is 145 Å². The highest BCUT2D eigenvalue weighted by Gasteiger charge is 2.43. The summed E-state index contributed by atoms with van der Waals surface area (Å²) in [5.74, 6) is 0.672. The minimum Gasteiger partial charge on any atom is -0.465 e. The average Bonchev–Trinajstić information content (AvgIpc) is 2.57. The first-order valence-electron chi connectivity index (χ1n) is 7.84. The summed E-state index contributed by atoms with van der Waals surface area (Å²) >= 11 is 1.47. The number of carbonyl (C=O) groups excluding carboxylic acids is 1. The molecule has 0 aromatic heterocycles. The molecule has 0 aromatic carbocycles. The molecule has 1 heterocycles. The molecule has 10 heteroatoms. The largest absolute Gasteiger partial charge is 0.465 e. The summed E-state index contributed by atoms with van der Waals surface area (Å²) in [4.78, 5) is 11.3. The van der Waals surface area contributed by atoms with Crippen molar-refractivity contribution in [1.82, 2.24) is 0 Å². The minimum absolute atomic E-state index is 0.240. The molecule has 6 N–H and O–H groups in total. The third kappa shape index (κ3) is 6.45. The maximum absolute atomic E-state index is 11.3. The van der Waals surface area contributed by atoms with Crippen molar-refractivity contribution in [3.8, 4) is 0 Å². The van der Waals surface area contributed by atoms with Gasteiger partial charge in [0.1, 0.15) is 30.5 Å². The molecule has 0 aliphatic carbocycles. The van der Waals surface area contributed by atoms with Crippen molar-refractivity contribution in [2.24, 2.45) is 5.73 Å². The van der Waals surface area contributed by atoms with Gasteiger partial charge in [-0.3, -0.25) is 4.79 Å². The van der Waals surface area contributed by atoms with Gasteiger partial charge in [0.25, 0.3) is 0 Å². The molecule has 1 aliphatic rings. The highest BCUT2D eigenvalue weighted by molar-refractivity contribution is 7.99. The number of esters is 1. The normalized spacial score (nSPS) is 31.7. The van der Waals surface area contributed by atoms with Crippen LogP contribution in [0.25, 0.3) is 0 Å². The van der Waals surface area contributed by atoms with Crippen molar-refractivity contribution < 1.29 is 39.4 Å². The second kappa shape index (κ2) is 11.2. The van der Waals surface area contributed by atoms with Gasteiger partial charge in [-0.15, -0.1) is 0 Å². The van der Waals surface area contributed by atoms with Gasteiger partial charge in [0.2, 0.25) is 0 Å². The molecular formula is C14H27NO8S. The lowest BCUT2D eigenvalue weighted by Crippen LogP contribution is -2.59. The van der Waals surface area contributed by atoms with Gasteiger partial charge in [0, 0.05) is 5.75 Å². The van der Waals surface area contributed by atoms with Crippen LogP contribution in [0, 0.1) is 0 Å². The lowest BCUT2D eigenvalue weighted by molar-refractivity contribution is -0.300. The Morgan fingerprint density at radius 3 is 2.62 bits per heavy atom. The van der Waals surface area contributed by atoms with Crippen molar-refractivity contribution >= 4 is 17.7 Å². The van der Waals surface area contributed by atoms with Gasteiger partial charge >= 0.3 is 5.97 Å². The number of thioether (sulfide) groups is 1. The van der Waals surface area contributed by atoms with Crippen LogP contribution in [0.2, 0.25) is 0 Å². The molecule has 1 saturated heterocycles. The molecule has 1 fully saturated rings. The van der Waals surface area contributed by atoms with E-state index in [4.69, 9.17) is 25.1 Å². The molecule has 0 radical (unpaired) electrons. The molecule has 9 nitrogen and oxygen atoms in total. The van der Waals surface area contributed by atoms with Crippen molar-refractivity contribution in [3.63, 3.8) is 0 Å². The van der Waals surface area contributed by atoms with Crippen LogP contribution in [0.1, 0.15) is 13.3 Å². The minimum atomic E-state index is -1.45. The van der Waals surface area contributed by atoms with Crippen molar-refractivity contribution in [1.29, 1.82) is 0 Å². The summed E-state index contributed by atoms with van der Waals surface area (Å²) in [7, 11) is 0. The molecule has 0 aromatic rings. The van der Waals surface area contributed by atoms with Crippen LogP contribution < -0.4 is 5.73 Å². The summed E-state index contributed by atoms with van der Waals surface area (Å²) in [6.45, 7) is 1.76. The molecule has 1 rings (SSSR count). The predicted molar refractivity (Wildman–Crippen MR) is 86.3 cm³/mol. The van der Waals surface area contributed by atoms with Gasteiger partial charge in [0.15, 0.2) is 6.29 Å². The van der Waals surface area contributed by atoms with Gasteiger partial charge in [0.05, 0.1) is 19.8 Å². The van der Waals surface area contributed by atoms with Gasteiger partial charge < -0.3 is 40.4 Å². The first-order chi connectivity index (χ1) is 11.4. The second-order valence-electron chi connectivity index (χ2n) is 5.36. The third-order valence-electron chi connectivity index (χ3n) is 3.45. The van der Waals surface area contributed by atoms with Gasteiger partial charge in [-0.2, -0.15) is 11.8 Å². The van der Waals surface area contributed by atoms with Crippen LogP contribution in [0.3, 0.4) is 0 Å². The van der Waals surface area contributed by atoms with Crippen LogP contribution in [0.4, 0.5) is 0 Å². The molecule has 3 unspecified atom stereocenters. The summed E-state index contributed by atoms with van der Waals surface area (Å²) < 4.78 is 15.4. The van der Waals surface area contributed by atoms with E-state index in [2.05, 4.69) is 0 Å². The van der Waals surface area contributed by atoms with E-state index in [0.717, 1.165) is 0 Å². The number of nitrogens with two attached hydrogens (primary N) is 1. The smallest absolute Gasteiger partial charge is 0.323 e. The van der Waals surface area contributed by atoms with Crippen LogP contribution in [-0.4, -0.2) is 94.5 Å². The van der Waals surface area contributed by atoms with E-state index < -0.39 is 49.3 Å². The Hall–Kier alpha value is -0.460. The number of carbonyl (C=O) groups is 1. The monoisotopic (exact) mass is 369 g/mol. The molecule has 0 saturated carbocycles. The molecule has 0 amide bonds. The Morgan fingerprint density at radius 2 is 2.00 bits per heavy atom. The Balaban J connectivity index is 2.19. The van der Waals surface area contributed by atoms with E-state index in [9.17, 15) is 20.1 Å². The van der Waals surface area contributed by atoms with Gasteiger partial charge in [-0.1, -0.05) is 0 Å². The zero-order valence-electron chi connectivity index (χ0n) is 13.6. The fourth-order valence-electron chi connectivity index (χ4n) is 2.09. The molecule has 142 valence electrons. The predicted octanol–water partition coefficient (Wildman–Crippen LogP) is -2.18. The number of ether oxygens (including phenoxy) is 3. The molecule has 0 bridgehead atoms. The summed E-state index contributed by atoms with van der Waals surface area (Å²) in [6, 6.07) is -0.665. The Morgan fingerprint density at radius 1 is 1.29 bits per heavy atom. The van der Waals surface area contributed by atoms with Gasteiger partial charge in [-0.25, -0.2) is 0 Å². The number of aliphatic hydroxyl groups excluding tert-OH is 4. The van der Waals surface area contributed by atoms with E-state index in [1.165, 1.54) is 11.8 Å². The van der Waals surface area contributed by atoms with Crippen LogP contribution in [0.5, 0.6) is 0 Å². The van der Waals surface area contributed by atoms with E-state index >= 15 is 0 Å². The summed E-state index contributed by atoms with van der Waals surface area (Å²) in [5.41, 5.74) is 5.66. The van der Waals surface area contributed by atoms with Gasteiger partial charge in [-0.05, 0) is 19.1 Å². The fraction of sp³-hybridized carbons (Fsp3) is 0.929. The van der Waals surface area contributed by atoms with E-state index in [1.54, 1.807) is 6.92 Å². The first-order valence-corrected chi connectivity index (χ1v) is 8.99. The fourth-order valence-corrected chi connectivity index (χ4v) is 2.97. The first kappa shape index (κ1) is 21.6. The molecule has 6 atom stereocenters. The van der Waals surface area contributed by atoms with E-state index in [0.29, 0.717) is 24.5 Å². The lowest BCUT2D eigenvalue weighted by Gasteiger charge is -2.39. The zero-order chi connectivity index (χ0) is 18.1.